The zero-order valence-corrected chi connectivity index (χ0v) is 11.1. The minimum Gasteiger partial charge on any atom is -0.478 e. The number of aromatic carboxylic acids is 1. The van der Waals surface area contributed by atoms with Crippen molar-refractivity contribution in [2.75, 3.05) is 0 Å². The molecule has 0 saturated carbocycles. The lowest BCUT2D eigenvalue weighted by Gasteiger charge is -2.09. The fraction of sp³-hybridized carbons (Fsp3) is 0. The molecule has 3 nitrogen and oxygen atoms in total. The molecule has 0 amide bonds. The lowest BCUT2D eigenvalue weighted by molar-refractivity contribution is 0.0695. The number of fused-ring (bicyclic) bond motifs is 1. The Hall–Kier alpha value is -2.94. The van der Waals surface area contributed by atoms with Crippen molar-refractivity contribution >= 4 is 22.5 Å². The van der Waals surface area contributed by atoms with Gasteiger partial charge in [0.05, 0.1) is 5.56 Å². The van der Waals surface area contributed by atoms with E-state index in [9.17, 15) is 14.7 Å². The van der Waals surface area contributed by atoms with E-state index < -0.39 is 5.97 Å². The Morgan fingerprint density at radius 2 is 1.43 bits per heavy atom. The summed E-state index contributed by atoms with van der Waals surface area (Å²) in [7, 11) is 0. The number of benzene rings is 3. The van der Waals surface area contributed by atoms with Gasteiger partial charge in [-0.3, -0.25) is 4.79 Å². The van der Waals surface area contributed by atoms with Crippen molar-refractivity contribution in [3.05, 3.63) is 83.4 Å². The van der Waals surface area contributed by atoms with Gasteiger partial charge in [-0.2, -0.15) is 0 Å². The molecule has 0 spiro atoms. The lowest BCUT2D eigenvalue weighted by Crippen LogP contribution is -2.10. The highest BCUT2D eigenvalue weighted by molar-refractivity contribution is 6.18. The molecule has 0 heterocycles. The molecule has 1 N–H and O–H groups in total. The molecule has 0 aliphatic rings. The number of ketones is 1. The van der Waals surface area contributed by atoms with Gasteiger partial charge in [-0.15, -0.1) is 0 Å². The van der Waals surface area contributed by atoms with Gasteiger partial charge in [-0.05, 0) is 16.8 Å². The summed E-state index contributed by atoms with van der Waals surface area (Å²) >= 11 is 0. The van der Waals surface area contributed by atoms with E-state index in [4.69, 9.17) is 0 Å². The van der Waals surface area contributed by atoms with E-state index in [1.807, 2.05) is 18.2 Å². The van der Waals surface area contributed by atoms with Crippen LogP contribution in [-0.2, 0) is 0 Å². The van der Waals surface area contributed by atoms with Gasteiger partial charge in [0.1, 0.15) is 0 Å². The van der Waals surface area contributed by atoms with Gasteiger partial charge in [-0.1, -0.05) is 60.7 Å². The molecule has 0 radical (unpaired) electrons. The third-order valence-corrected chi connectivity index (χ3v) is 3.42. The van der Waals surface area contributed by atoms with E-state index in [1.54, 1.807) is 48.5 Å². The fourth-order valence-corrected chi connectivity index (χ4v) is 2.44. The van der Waals surface area contributed by atoms with Crippen LogP contribution in [0.2, 0.25) is 0 Å². The van der Waals surface area contributed by atoms with Crippen molar-refractivity contribution in [3.8, 4) is 0 Å². The molecule has 3 heteroatoms. The molecule has 0 fully saturated rings. The normalized spacial score (nSPS) is 10.5. The molecule has 0 bridgehead atoms. The average molecular weight is 276 g/mol. The van der Waals surface area contributed by atoms with Crippen LogP contribution in [0.5, 0.6) is 0 Å². The van der Waals surface area contributed by atoms with Crippen molar-refractivity contribution in [1.82, 2.24) is 0 Å². The smallest absolute Gasteiger partial charge is 0.337 e. The molecular formula is C18H12O3. The topological polar surface area (TPSA) is 54.4 Å². The molecule has 0 aromatic heterocycles. The van der Waals surface area contributed by atoms with E-state index in [2.05, 4.69) is 0 Å². The second-order valence-corrected chi connectivity index (χ2v) is 4.71. The van der Waals surface area contributed by atoms with E-state index in [1.165, 1.54) is 0 Å². The standard InChI is InChI=1S/C18H12O3/c19-17(13-7-2-1-3-8-13)15-11-10-12-6-4-5-9-14(12)16(15)18(20)21/h1-11H,(H,20,21). The highest BCUT2D eigenvalue weighted by Gasteiger charge is 2.20. The summed E-state index contributed by atoms with van der Waals surface area (Å²) < 4.78 is 0. The number of carboxylic acids is 1. The van der Waals surface area contributed by atoms with Crippen LogP contribution in [0.4, 0.5) is 0 Å². The molecule has 0 atom stereocenters. The van der Waals surface area contributed by atoms with Gasteiger partial charge in [0.2, 0.25) is 0 Å². The second-order valence-electron chi connectivity index (χ2n) is 4.71. The number of carboxylic acid groups (broad SMARTS) is 1. The fourth-order valence-electron chi connectivity index (χ4n) is 2.44. The second kappa shape index (κ2) is 5.21. The van der Waals surface area contributed by atoms with Crippen LogP contribution in [-0.4, -0.2) is 16.9 Å². The molecule has 21 heavy (non-hydrogen) atoms. The Labute approximate surface area is 121 Å². The quantitative estimate of drug-likeness (QED) is 0.741. The van der Waals surface area contributed by atoms with Gasteiger partial charge in [0.15, 0.2) is 5.78 Å². The summed E-state index contributed by atoms with van der Waals surface area (Å²) in [5.74, 6) is -1.37. The summed E-state index contributed by atoms with van der Waals surface area (Å²) in [6.07, 6.45) is 0. The number of rotatable bonds is 3. The lowest BCUT2D eigenvalue weighted by atomic mass is 9.93. The minimum absolute atomic E-state index is 0.0574. The average Bonchev–Trinajstić information content (AvgIpc) is 2.53. The number of hydrogen-bond donors (Lipinski definition) is 1. The van der Waals surface area contributed by atoms with Crippen molar-refractivity contribution in [2.45, 2.75) is 0 Å². The van der Waals surface area contributed by atoms with Crippen LogP contribution in [0.1, 0.15) is 26.3 Å². The third kappa shape index (κ3) is 2.30. The molecule has 3 aromatic rings. The zero-order valence-electron chi connectivity index (χ0n) is 11.1. The first-order valence-corrected chi connectivity index (χ1v) is 6.53. The predicted molar refractivity (Wildman–Crippen MR) is 80.8 cm³/mol. The van der Waals surface area contributed by atoms with Crippen LogP contribution < -0.4 is 0 Å². The Bertz CT molecular complexity index is 835. The largest absolute Gasteiger partial charge is 0.478 e. The maximum atomic E-state index is 12.6. The van der Waals surface area contributed by atoms with Crippen LogP contribution in [0, 0.1) is 0 Å². The summed E-state index contributed by atoms with van der Waals surface area (Å²) in [5.41, 5.74) is 0.754. The molecular weight excluding hydrogens is 264 g/mol. The highest BCUT2D eigenvalue weighted by atomic mass is 16.4. The summed E-state index contributed by atoms with van der Waals surface area (Å²) in [6.45, 7) is 0. The Balaban J connectivity index is 2.26. The zero-order chi connectivity index (χ0) is 14.8. The Kier molecular flexibility index (Phi) is 3.24. The van der Waals surface area contributed by atoms with E-state index in [-0.39, 0.29) is 16.9 Å². The Morgan fingerprint density at radius 3 is 2.14 bits per heavy atom. The summed E-state index contributed by atoms with van der Waals surface area (Å²) in [5, 5.41) is 10.9. The van der Waals surface area contributed by atoms with Crippen LogP contribution in [0.25, 0.3) is 10.8 Å². The van der Waals surface area contributed by atoms with E-state index in [0.717, 1.165) is 5.39 Å². The number of carbonyl (C=O) groups excluding carboxylic acids is 1. The van der Waals surface area contributed by atoms with Crippen molar-refractivity contribution in [1.29, 1.82) is 0 Å². The summed E-state index contributed by atoms with van der Waals surface area (Å²) in [4.78, 5) is 24.2. The van der Waals surface area contributed by atoms with Gasteiger partial charge in [0.25, 0.3) is 0 Å². The van der Waals surface area contributed by atoms with Crippen LogP contribution in [0.3, 0.4) is 0 Å². The first-order chi connectivity index (χ1) is 10.2. The Morgan fingerprint density at radius 1 is 0.762 bits per heavy atom. The maximum absolute atomic E-state index is 12.6. The first kappa shape index (κ1) is 13.1. The molecule has 102 valence electrons. The SMILES string of the molecule is O=C(c1ccccc1)c1ccc2ccccc2c1C(=O)O. The third-order valence-electron chi connectivity index (χ3n) is 3.42. The number of hydrogen-bond acceptors (Lipinski definition) is 2. The van der Waals surface area contributed by atoms with Gasteiger partial charge < -0.3 is 5.11 Å². The minimum atomic E-state index is -1.09. The monoisotopic (exact) mass is 276 g/mol. The van der Waals surface area contributed by atoms with Crippen molar-refractivity contribution in [2.24, 2.45) is 0 Å². The first-order valence-electron chi connectivity index (χ1n) is 6.53. The maximum Gasteiger partial charge on any atom is 0.337 e. The molecule has 0 aliphatic heterocycles. The highest BCUT2D eigenvalue weighted by Crippen LogP contribution is 2.24. The summed E-state index contributed by atoms with van der Waals surface area (Å²) in [6, 6.07) is 19.2. The van der Waals surface area contributed by atoms with E-state index in [0.29, 0.717) is 10.9 Å². The van der Waals surface area contributed by atoms with Crippen molar-refractivity contribution < 1.29 is 14.7 Å². The van der Waals surface area contributed by atoms with Crippen LogP contribution in [0.15, 0.2) is 66.7 Å². The molecule has 0 unspecified atom stereocenters. The molecule has 0 saturated heterocycles. The van der Waals surface area contributed by atoms with E-state index >= 15 is 0 Å². The van der Waals surface area contributed by atoms with Gasteiger partial charge >= 0.3 is 5.97 Å². The van der Waals surface area contributed by atoms with Gasteiger partial charge in [-0.25, -0.2) is 4.79 Å². The molecule has 3 aromatic carbocycles. The van der Waals surface area contributed by atoms with Gasteiger partial charge in [0, 0.05) is 11.1 Å². The molecule has 3 rings (SSSR count). The number of carbonyl (C=O) groups is 2. The molecule has 0 aliphatic carbocycles. The van der Waals surface area contributed by atoms with Crippen molar-refractivity contribution in [3.63, 3.8) is 0 Å². The van der Waals surface area contributed by atoms with Crippen LogP contribution >= 0.6 is 0 Å². The predicted octanol–water partition coefficient (Wildman–Crippen LogP) is 3.77.